The van der Waals surface area contributed by atoms with Gasteiger partial charge in [-0.1, -0.05) is 0 Å². The molecule has 2 saturated heterocycles. The van der Waals surface area contributed by atoms with Crippen molar-refractivity contribution in [1.29, 1.82) is 0 Å². The van der Waals surface area contributed by atoms with Crippen LogP contribution in [0.25, 0.3) is 0 Å². The zero-order valence-corrected chi connectivity index (χ0v) is 11.7. The van der Waals surface area contributed by atoms with E-state index in [0.717, 1.165) is 12.8 Å². The van der Waals surface area contributed by atoms with Crippen molar-refractivity contribution >= 4 is 10.0 Å². The summed E-state index contributed by atoms with van der Waals surface area (Å²) < 4.78 is 42.4. The van der Waals surface area contributed by atoms with Gasteiger partial charge in [0.15, 0.2) is 5.79 Å². The zero-order chi connectivity index (χ0) is 13.2. The summed E-state index contributed by atoms with van der Waals surface area (Å²) in [6.07, 6.45) is 1.37. The Bertz CT molecular complexity index is 375. The van der Waals surface area contributed by atoms with Crippen LogP contribution >= 0.6 is 0 Å². The molecule has 2 aliphatic rings. The third kappa shape index (κ3) is 4.17. The monoisotopic (exact) mass is 279 g/mol. The van der Waals surface area contributed by atoms with Crippen molar-refractivity contribution in [3.05, 3.63) is 0 Å². The van der Waals surface area contributed by atoms with Crippen LogP contribution < -0.4 is 4.72 Å². The first-order chi connectivity index (χ1) is 8.36. The summed E-state index contributed by atoms with van der Waals surface area (Å²) >= 11 is 0. The fourth-order valence-corrected chi connectivity index (χ4v) is 3.47. The highest BCUT2D eigenvalue weighted by Crippen LogP contribution is 2.22. The molecule has 106 valence electrons. The molecule has 2 atom stereocenters. The predicted octanol–water partition coefficient (Wildman–Crippen LogP) is 0.236. The molecule has 18 heavy (non-hydrogen) atoms. The standard InChI is InChI=1S/C11H21NO5S/c1-11(2)16-7-10(17-11)6-12-18(13,14)8-9-4-3-5-15-9/h9-10,12H,3-8H2,1-2H3. The molecule has 6 nitrogen and oxygen atoms in total. The van der Waals surface area contributed by atoms with Gasteiger partial charge in [-0.25, -0.2) is 13.1 Å². The maximum absolute atomic E-state index is 11.8. The van der Waals surface area contributed by atoms with Crippen molar-refractivity contribution < 1.29 is 22.6 Å². The first kappa shape index (κ1) is 14.2. The van der Waals surface area contributed by atoms with Crippen LogP contribution in [-0.4, -0.2) is 51.9 Å². The molecule has 0 aromatic carbocycles. The minimum atomic E-state index is -3.30. The molecule has 7 heteroatoms. The molecule has 0 bridgehead atoms. The number of nitrogens with one attached hydrogen (secondary N) is 1. The van der Waals surface area contributed by atoms with Crippen molar-refractivity contribution in [3.8, 4) is 0 Å². The minimum absolute atomic E-state index is 0.0317. The van der Waals surface area contributed by atoms with E-state index in [9.17, 15) is 8.42 Å². The van der Waals surface area contributed by atoms with E-state index in [1.807, 2.05) is 13.8 Å². The summed E-state index contributed by atoms with van der Waals surface area (Å²) in [5.41, 5.74) is 0. The van der Waals surface area contributed by atoms with E-state index in [-0.39, 0.29) is 24.5 Å². The van der Waals surface area contributed by atoms with E-state index in [1.54, 1.807) is 0 Å². The van der Waals surface area contributed by atoms with Gasteiger partial charge >= 0.3 is 0 Å². The van der Waals surface area contributed by atoms with Crippen molar-refractivity contribution in [2.24, 2.45) is 0 Å². The number of hydrogen-bond donors (Lipinski definition) is 1. The first-order valence-electron chi connectivity index (χ1n) is 6.27. The fraction of sp³-hybridized carbons (Fsp3) is 1.00. The Balaban J connectivity index is 1.75. The van der Waals surface area contributed by atoms with Gasteiger partial charge in [-0.15, -0.1) is 0 Å². The highest BCUT2D eigenvalue weighted by atomic mass is 32.2. The van der Waals surface area contributed by atoms with Gasteiger partial charge in [0.2, 0.25) is 10.0 Å². The lowest BCUT2D eigenvalue weighted by atomic mass is 10.3. The van der Waals surface area contributed by atoms with Gasteiger partial charge in [-0.05, 0) is 26.7 Å². The fourth-order valence-electron chi connectivity index (χ4n) is 2.16. The predicted molar refractivity (Wildman–Crippen MR) is 65.7 cm³/mol. The van der Waals surface area contributed by atoms with E-state index in [1.165, 1.54) is 0 Å². The summed E-state index contributed by atoms with van der Waals surface area (Å²) in [6, 6.07) is 0. The Morgan fingerprint density at radius 2 is 2.11 bits per heavy atom. The van der Waals surface area contributed by atoms with Gasteiger partial charge in [0.1, 0.15) is 0 Å². The molecule has 0 aromatic rings. The molecule has 0 spiro atoms. The second-order valence-electron chi connectivity index (χ2n) is 5.22. The molecule has 2 heterocycles. The van der Waals surface area contributed by atoms with Gasteiger partial charge in [0.25, 0.3) is 0 Å². The molecular weight excluding hydrogens is 258 g/mol. The van der Waals surface area contributed by atoms with Crippen molar-refractivity contribution in [1.82, 2.24) is 4.72 Å². The highest BCUT2D eigenvalue weighted by molar-refractivity contribution is 7.89. The summed E-state index contributed by atoms with van der Waals surface area (Å²) in [4.78, 5) is 0. The number of sulfonamides is 1. The minimum Gasteiger partial charge on any atom is -0.377 e. The van der Waals surface area contributed by atoms with Crippen LogP contribution in [0.1, 0.15) is 26.7 Å². The van der Waals surface area contributed by atoms with Gasteiger partial charge in [0, 0.05) is 13.2 Å². The summed E-state index contributed by atoms with van der Waals surface area (Å²) in [5.74, 6) is -0.589. The third-order valence-corrected chi connectivity index (χ3v) is 4.44. The zero-order valence-electron chi connectivity index (χ0n) is 10.8. The van der Waals surface area contributed by atoms with Crippen LogP contribution in [0.5, 0.6) is 0 Å². The van der Waals surface area contributed by atoms with E-state index in [2.05, 4.69) is 4.72 Å². The lowest BCUT2D eigenvalue weighted by Gasteiger charge is -2.17. The molecule has 2 fully saturated rings. The van der Waals surface area contributed by atoms with Gasteiger partial charge in [0.05, 0.1) is 24.6 Å². The average molecular weight is 279 g/mol. The van der Waals surface area contributed by atoms with Gasteiger partial charge < -0.3 is 14.2 Å². The molecule has 2 aliphatic heterocycles. The molecule has 0 aliphatic carbocycles. The maximum Gasteiger partial charge on any atom is 0.214 e. The smallest absolute Gasteiger partial charge is 0.214 e. The summed E-state index contributed by atoms with van der Waals surface area (Å²) in [7, 11) is -3.30. The van der Waals surface area contributed by atoms with Crippen LogP contribution in [0.4, 0.5) is 0 Å². The Morgan fingerprint density at radius 1 is 1.33 bits per heavy atom. The second kappa shape index (κ2) is 5.42. The lowest BCUT2D eigenvalue weighted by Crippen LogP contribution is -2.38. The molecule has 0 amide bonds. The molecule has 0 aromatic heterocycles. The molecule has 1 N–H and O–H groups in total. The molecular formula is C11H21NO5S. The largest absolute Gasteiger partial charge is 0.377 e. The van der Waals surface area contributed by atoms with E-state index >= 15 is 0 Å². The van der Waals surface area contributed by atoms with Crippen molar-refractivity contribution in [2.45, 2.75) is 44.7 Å². The SMILES string of the molecule is CC1(C)OCC(CNS(=O)(=O)CC2CCCO2)O1. The Hall–Kier alpha value is -0.210. The topological polar surface area (TPSA) is 73.9 Å². The molecule has 2 rings (SSSR count). The second-order valence-corrected chi connectivity index (χ2v) is 7.07. The van der Waals surface area contributed by atoms with Gasteiger partial charge in [-0.2, -0.15) is 0 Å². The summed E-state index contributed by atoms with van der Waals surface area (Å²) in [6.45, 7) is 4.95. The van der Waals surface area contributed by atoms with E-state index in [0.29, 0.717) is 13.2 Å². The van der Waals surface area contributed by atoms with Gasteiger partial charge in [-0.3, -0.25) is 0 Å². The van der Waals surface area contributed by atoms with Crippen LogP contribution in [0.3, 0.4) is 0 Å². The van der Waals surface area contributed by atoms with E-state index < -0.39 is 15.8 Å². The van der Waals surface area contributed by atoms with E-state index in [4.69, 9.17) is 14.2 Å². The highest BCUT2D eigenvalue weighted by Gasteiger charge is 2.33. The maximum atomic E-state index is 11.8. The Kier molecular flexibility index (Phi) is 4.28. The third-order valence-electron chi connectivity index (χ3n) is 3.03. The first-order valence-corrected chi connectivity index (χ1v) is 7.92. The quantitative estimate of drug-likeness (QED) is 0.780. The number of ether oxygens (including phenoxy) is 3. The average Bonchev–Trinajstić information content (AvgIpc) is 2.85. The summed E-state index contributed by atoms with van der Waals surface area (Å²) in [5, 5.41) is 0. The number of hydrogen-bond acceptors (Lipinski definition) is 5. The van der Waals surface area contributed by atoms with Crippen LogP contribution in [-0.2, 0) is 24.2 Å². The van der Waals surface area contributed by atoms with Crippen molar-refractivity contribution in [3.63, 3.8) is 0 Å². The molecule has 0 saturated carbocycles. The molecule has 0 radical (unpaired) electrons. The normalized spacial score (nSPS) is 31.9. The lowest BCUT2D eigenvalue weighted by molar-refractivity contribution is -0.137. The molecule has 2 unspecified atom stereocenters. The Labute approximate surface area is 108 Å². The van der Waals surface area contributed by atoms with Crippen LogP contribution in [0.2, 0.25) is 0 Å². The van der Waals surface area contributed by atoms with Crippen molar-refractivity contribution in [2.75, 3.05) is 25.5 Å². The van der Waals surface area contributed by atoms with Crippen LogP contribution in [0.15, 0.2) is 0 Å². The van der Waals surface area contributed by atoms with Crippen LogP contribution in [0, 0.1) is 0 Å². The Morgan fingerprint density at radius 3 is 2.67 bits per heavy atom. The number of rotatable bonds is 5.